The molecule has 6 heteroatoms. The molecule has 96 valence electrons. The third kappa shape index (κ3) is 3.58. The molecule has 0 heterocycles. The van der Waals surface area contributed by atoms with Crippen LogP contribution in [0.25, 0.3) is 0 Å². The fourth-order valence-electron chi connectivity index (χ4n) is 1.56. The van der Waals surface area contributed by atoms with Gasteiger partial charge in [0.05, 0.1) is 11.5 Å². The molecular weight excluding hydrogens is 240 g/mol. The van der Waals surface area contributed by atoms with Gasteiger partial charge in [-0.1, -0.05) is 12.1 Å². The number of carboxylic acids is 3. The summed E-state index contributed by atoms with van der Waals surface area (Å²) < 4.78 is 0. The van der Waals surface area contributed by atoms with Crippen molar-refractivity contribution in [1.29, 1.82) is 0 Å². The van der Waals surface area contributed by atoms with Gasteiger partial charge in [0.25, 0.3) is 0 Å². The molecule has 6 nitrogen and oxygen atoms in total. The first kappa shape index (κ1) is 13.7. The number of rotatable bonds is 6. The quantitative estimate of drug-likeness (QED) is 0.705. The van der Waals surface area contributed by atoms with Crippen molar-refractivity contribution in [2.24, 2.45) is 0 Å². The van der Waals surface area contributed by atoms with Gasteiger partial charge in [-0.05, 0) is 24.1 Å². The molecule has 0 spiro atoms. The average molecular weight is 252 g/mol. The maximum Gasteiger partial charge on any atom is 0.335 e. The zero-order valence-electron chi connectivity index (χ0n) is 9.37. The van der Waals surface area contributed by atoms with Crippen molar-refractivity contribution in [3.63, 3.8) is 0 Å². The molecule has 1 rings (SSSR count). The van der Waals surface area contributed by atoms with E-state index < -0.39 is 23.8 Å². The van der Waals surface area contributed by atoms with Gasteiger partial charge in [0.15, 0.2) is 0 Å². The molecular formula is C12H12O6. The van der Waals surface area contributed by atoms with Crippen LogP contribution in [0.5, 0.6) is 0 Å². The van der Waals surface area contributed by atoms with E-state index in [1.807, 2.05) is 0 Å². The Morgan fingerprint density at radius 1 is 1.00 bits per heavy atom. The van der Waals surface area contributed by atoms with E-state index in [-0.39, 0.29) is 18.4 Å². The smallest absolute Gasteiger partial charge is 0.335 e. The first-order valence-electron chi connectivity index (χ1n) is 5.19. The van der Waals surface area contributed by atoms with E-state index in [1.165, 1.54) is 24.3 Å². The van der Waals surface area contributed by atoms with Gasteiger partial charge in [-0.15, -0.1) is 0 Å². The Balaban J connectivity index is 2.89. The predicted molar refractivity (Wildman–Crippen MR) is 60.6 cm³/mol. The molecule has 0 bridgehead atoms. The highest BCUT2D eigenvalue weighted by atomic mass is 16.4. The van der Waals surface area contributed by atoms with E-state index in [4.69, 9.17) is 15.3 Å². The summed E-state index contributed by atoms with van der Waals surface area (Å²) in [6, 6.07) is 5.39. The number of benzene rings is 1. The van der Waals surface area contributed by atoms with Gasteiger partial charge in [-0.25, -0.2) is 4.79 Å². The highest BCUT2D eigenvalue weighted by Gasteiger charge is 2.21. The van der Waals surface area contributed by atoms with E-state index in [2.05, 4.69) is 0 Å². The largest absolute Gasteiger partial charge is 0.481 e. The lowest BCUT2D eigenvalue weighted by Gasteiger charge is -2.11. The number of aromatic carboxylic acids is 1. The summed E-state index contributed by atoms with van der Waals surface area (Å²) in [4.78, 5) is 32.1. The van der Waals surface area contributed by atoms with Crippen LogP contribution in [0.1, 0.15) is 34.7 Å². The molecule has 1 atom stereocenters. The number of hydrogen-bond donors (Lipinski definition) is 3. The minimum Gasteiger partial charge on any atom is -0.481 e. The third-order valence-electron chi connectivity index (χ3n) is 2.50. The van der Waals surface area contributed by atoms with Gasteiger partial charge in [-0.3, -0.25) is 9.59 Å². The Morgan fingerprint density at radius 2 is 1.56 bits per heavy atom. The maximum absolute atomic E-state index is 11.0. The monoisotopic (exact) mass is 252 g/mol. The maximum atomic E-state index is 11.0. The number of aliphatic carboxylic acids is 2. The molecule has 0 aliphatic rings. The fourth-order valence-corrected chi connectivity index (χ4v) is 1.56. The molecule has 1 unspecified atom stereocenters. The molecule has 0 aromatic heterocycles. The molecule has 0 aliphatic heterocycles. The van der Waals surface area contributed by atoms with E-state index in [1.54, 1.807) is 0 Å². The second-order valence-electron chi connectivity index (χ2n) is 3.75. The van der Waals surface area contributed by atoms with Crippen LogP contribution in [0.15, 0.2) is 24.3 Å². The van der Waals surface area contributed by atoms with Crippen LogP contribution in [-0.2, 0) is 9.59 Å². The lowest BCUT2D eigenvalue weighted by atomic mass is 9.93. The van der Waals surface area contributed by atoms with Crippen LogP contribution in [0.2, 0.25) is 0 Å². The third-order valence-corrected chi connectivity index (χ3v) is 2.50. The first-order chi connectivity index (χ1) is 8.41. The lowest BCUT2D eigenvalue weighted by Crippen LogP contribution is -2.13. The van der Waals surface area contributed by atoms with Crippen LogP contribution in [0.4, 0.5) is 0 Å². The van der Waals surface area contributed by atoms with Crippen molar-refractivity contribution in [3.05, 3.63) is 35.4 Å². The van der Waals surface area contributed by atoms with Crippen molar-refractivity contribution < 1.29 is 29.7 Å². The lowest BCUT2D eigenvalue weighted by molar-refractivity contribution is -0.140. The van der Waals surface area contributed by atoms with Gasteiger partial charge in [0.1, 0.15) is 0 Å². The van der Waals surface area contributed by atoms with Crippen LogP contribution in [0, 0.1) is 0 Å². The molecule has 0 radical (unpaired) electrons. The van der Waals surface area contributed by atoms with Crippen LogP contribution in [-0.4, -0.2) is 33.2 Å². The fraction of sp³-hybridized carbons (Fsp3) is 0.250. The van der Waals surface area contributed by atoms with E-state index >= 15 is 0 Å². The normalized spacial score (nSPS) is 11.8. The Morgan fingerprint density at radius 3 is 1.94 bits per heavy atom. The number of carboxylic acid groups (broad SMARTS) is 3. The molecule has 0 amide bonds. The van der Waals surface area contributed by atoms with Gasteiger partial charge < -0.3 is 15.3 Å². The van der Waals surface area contributed by atoms with Crippen molar-refractivity contribution in [2.45, 2.75) is 18.8 Å². The average Bonchev–Trinajstić information content (AvgIpc) is 2.29. The zero-order valence-corrected chi connectivity index (χ0v) is 9.37. The first-order valence-corrected chi connectivity index (χ1v) is 5.19. The summed E-state index contributed by atoms with van der Waals surface area (Å²) >= 11 is 0. The Labute approximate surface area is 102 Å². The second-order valence-corrected chi connectivity index (χ2v) is 3.75. The molecule has 18 heavy (non-hydrogen) atoms. The van der Waals surface area contributed by atoms with Gasteiger partial charge in [0.2, 0.25) is 0 Å². The summed E-state index contributed by atoms with van der Waals surface area (Å²) in [5.41, 5.74) is 0.454. The summed E-state index contributed by atoms with van der Waals surface area (Å²) in [7, 11) is 0. The Kier molecular flexibility index (Phi) is 4.42. The number of hydrogen-bond acceptors (Lipinski definition) is 3. The molecule has 0 aliphatic carbocycles. The number of carbonyl (C=O) groups is 3. The summed E-state index contributed by atoms with van der Waals surface area (Å²) in [5.74, 6) is -4.23. The van der Waals surface area contributed by atoms with Crippen molar-refractivity contribution >= 4 is 17.9 Å². The van der Waals surface area contributed by atoms with Crippen molar-refractivity contribution in [1.82, 2.24) is 0 Å². The van der Waals surface area contributed by atoms with Crippen molar-refractivity contribution in [2.75, 3.05) is 0 Å². The highest BCUT2D eigenvalue weighted by Crippen LogP contribution is 2.22. The van der Waals surface area contributed by atoms with Crippen LogP contribution >= 0.6 is 0 Å². The van der Waals surface area contributed by atoms with E-state index in [9.17, 15) is 14.4 Å². The summed E-state index contributed by atoms with van der Waals surface area (Å²) in [6.07, 6.45) is -0.283. The van der Waals surface area contributed by atoms with E-state index in [0.717, 1.165) is 0 Å². The topological polar surface area (TPSA) is 112 Å². The van der Waals surface area contributed by atoms with E-state index in [0.29, 0.717) is 5.56 Å². The summed E-state index contributed by atoms with van der Waals surface area (Å²) in [6.45, 7) is 0. The Bertz CT molecular complexity index is 462. The van der Waals surface area contributed by atoms with Crippen LogP contribution < -0.4 is 0 Å². The molecule has 0 saturated heterocycles. The van der Waals surface area contributed by atoms with Gasteiger partial charge >= 0.3 is 17.9 Å². The minimum absolute atomic E-state index is 0.0307. The van der Waals surface area contributed by atoms with Gasteiger partial charge in [0, 0.05) is 6.42 Å². The van der Waals surface area contributed by atoms with Crippen LogP contribution in [0.3, 0.4) is 0 Å². The van der Waals surface area contributed by atoms with Gasteiger partial charge in [-0.2, -0.15) is 0 Å². The Hall–Kier alpha value is -2.37. The second kappa shape index (κ2) is 5.81. The zero-order chi connectivity index (χ0) is 13.7. The standard InChI is InChI=1S/C12H12O6/c13-10(14)6-5-9(12(17)18)7-1-3-8(4-2-7)11(15)16/h1-4,9H,5-6H2,(H,13,14)(H,15,16)(H,17,18). The molecule has 1 aromatic rings. The molecule has 1 aromatic carbocycles. The van der Waals surface area contributed by atoms with Crippen molar-refractivity contribution in [3.8, 4) is 0 Å². The SMILES string of the molecule is O=C(O)CCC(C(=O)O)c1ccc(C(=O)O)cc1. The minimum atomic E-state index is -1.13. The predicted octanol–water partition coefficient (Wildman–Crippen LogP) is 1.42. The molecule has 0 saturated carbocycles. The molecule has 3 N–H and O–H groups in total. The summed E-state index contributed by atoms with van der Waals surface area (Å²) in [5, 5.41) is 26.3. The highest BCUT2D eigenvalue weighted by molar-refractivity contribution is 5.87. The molecule has 0 fully saturated rings.